The fourth-order valence-corrected chi connectivity index (χ4v) is 1.32. The summed E-state index contributed by atoms with van der Waals surface area (Å²) in [5.74, 6) is 5.07. The van der Waals surface area contributed by atoms with Crippen molar-refractivity contribution < 1.29 is 14.6 Å². The van der Waals surface area contributed by atoms with Gasteiger partial charge in [-0.25, -0.2) is 0 Å². The minimum atomic E-state index is -0.911. The SMILES string of the molecule is COc1cc(C#CCC#N)ccc1CC(=O)O. The Morgan fingerprint density at radius 2 is 2.29 bits per heavy atom. The predicted octanol–water partition coefficient (Wildman–Crippen LogP) is 1.59. The minimum Gasteiger partial charge on any atom is -0.496 e. The van der Waals surface area contributed by atoms with Crippen molar-refractivity contribution in [2.24, 2.45) is 0 Å². The van der Waals surface area contributed by atoms with Gasteiger partial charge in [-0.3, -0.25) is 4.79 Å². The molecule has 1 rings (SSSR count). The third-order valence-electron chi connectivity index (χ3n) is 2.03. The molecule has 0 aromatic heterocycles. The van der Waals surface area contributed by atoms with E-state index in [4.69, 9.17) is 15.1 Å². The number of methoxy groups -OCH3 is 1. The first-order valence-electron chi connectivity index (χ1n) is 4.92. The molecule has 1 aromatic carbocycles. The van der Waals surface area contributed by atoms with Crippen LogP contribution < -0.4 is 4.74 Å². The average Bonchev–Trinajstić information content (AvgIpc) is 2.30. The van der Waals surface area contributed by atoms with Gasteiger partial charge >= 0.3 is 5.97 Å². The van der Waals surface area contributed by atoms with E-state index in [1.54, 1.807) is 18.2 Å². The highest BCUT2D eigenvalue weighted by atomic mass is 16.5. The number of rotatable bonds is 3. The third kappa shape index (κ3) is 3.89. The quantitative estimate of drug-likeness (QED) is 0.799. The first-order chi connectivity index (χ1) is 8.17. The smallest absolute Gasteiger partial charge is 0.307 e. The van der Waals surface area contributed by atoms with Crippen molar-refractivity contribution in [2.45, 2.75) is 12.8 Å². The second kappa shape index (κ2) is 6.19. The number of carboxylic acid groups (broad SMARTS) is 1. The fourth-order valence-electron chi connectivity index (χ4n) is 1.32. The second-order valence-corrected chi connectivity index (χ2v) is 3.23. The van der Waals surface area contributed by atoms with Gasteiger partial charge in [-0.1, -0.05) is 17.9 Å². The molecule has 0 amide bonds. The van der Waals surface area contributed by atoms with Crippen molar-refractivity contribution in [3.63, 3.8) is 0 Å². The third-order valence-corrected chi connectivity index (χ3v) is 2.03. The van der Waals surface area contributed by atoms with Gasteiger partial charge < -0.3 is 9.84 Å². The van der Waals surface area contributed by atoms with Gasteiger partial charge in [0.1, 0.15) is 5.75 Å². The molecule has 0 spiro atoms. The van der Waals surface area contributed by atoms with E-state index in [0.29, 0.717) is 16.9 Å². The molecule has 0 aliphatic heterocycles. The fraction of sp³-hybridized carbons (Fsp3) is 0.231. The number of benzene rings is 1. The maximum Gasteiger partial charge on any atom is 0.307 e. The zero-order chi connectivity index (χ0) is 12.7. The van der Waals surface area contributed by atoms with Crippen LogP contribution in [0.3, 0.4) is 0 Å². The van der Waals surface area contributed by atoms with E-state index < -0.39 is 5.97 Å². The predicted molar refractivity (Wildman–Crippen MR) is 61.4 cm³/mol. The van der Waals surface area contributed by atoms with Gasteiger partial charge in [0.05, 0.1) is 26.0 Å². The molecule has 0 unspecified atom stereocenters. The molecule has 17 heavy (non-hydrogen) atoms. The average molecular weight is 229 g/mol. The molecule has 0 saturated heterocycles. The van der Waals surface area contributed by atoms with E-state index >= 15 is 0 Å². The lowest BCUT2D eigenvalue weighted by Gasteiger charge is -2.06. The van der Waals surface area contributed by atoms with Gasteiger partial charge in [-0.05, 0) is 12.1 Å². The molecule has 0 radical (unpaired) electrons. The monoisotopic (exact) mass is 229 g/mol. The second-order valence-electron chi connectivity index (χ2n) is 3.23. The van der Waals surface area contributed by atoms with E-state index in [1.807, 2.05) is 6.07 Å². The Morgan fingerprint density at radius 3 is 2.88 bits per heavy atom. The summed E-state index contributed by atoms with van der Waals surface area (Å²) in [7, 11) is 1.48. The van der Waals surface area contributed by atoms with Crippen molar-refractivity contribution in [3.8, 4) is 23.7 Å². The molecule has 0 aliphatic rings. The maximum atomic E-state index is 10.6. The standard InChI is InChI=1S/C13H11NO3/c1-17-12-8-10(4-2-3-7-14)5-6-11(12)9-13(15)16/h5-6,8H,3,9H2,1H3,(H,15,16). The van der Waals surface area contributed by atoms with Crippen molar-refractivity contribution in [1.82, 2.24) is 0 Å². The van der Waals surface area contributed by atoms with Crippen LogP contribution in [0.15, 0.2) is 18.2 Å². The number of ether oxygens (including phenoxy) is 1. The number of hydrogen-bond acceptors (Lipinski definition) is 3. The number of nitrogens with zero attached hydrogens (tertiary/aromatic N) is 1. The molecular formula is C13H11NO3. The first-order valence-corrected chi connectivity index (χ1v) is 4.92. The molecule has 0 heterocycles. The van der Waals surface area contributed by atoms with E-state index in [1.165, 1.54) is 7.11 Å². The van der Waals surface area contributed by atoms with Crippen LogP contribution in [0.1, 0.15) is 17.5 Å². The molecule has 0 atom stereocenters. The number of aliphatic carboxylic acids is 1. The Bertz CT molecular complexity index is 518. The summed E-state index contributed by atoms with van der Waals surface area (Å²) in [5, 5.41) is 17.1. The first kappa shape index (κ1) is 12.6. The molecule has 1 N–H and O–H groups in total. The van der Waals surface area contributed by atoms with Gasteiger partial charge in [0.2, 0.25) is 0 Å². The Hall–Kier alpha value is -2.46. The van der Waals surface area contributed by atoms with Crippen LogP contribution in [0.25, 0.3) is 0 Å². The normalized spacial score (nSPS) is 8.71. The molecule has 0 aliphatic carbocycles. The lowest BCUT2D eigenvalue weighted by Crippen LogP contribution is -2.02. The largest absolute Gasteiger partial charge is 0.496 e. The number of nitriles is 1. The zero-order valence-electron chi connectivity index (χ0n) is 9.36. The Morgan fingerprint density at radius 1 is 1.53 bits per heavy atom. The molecule has 4 heteroatoms. The molecular weight excluding hydrogens is 218 g/mol. The maximum absolute atomic E-state index is 10.6. The lowest BCUT2D eigenvalue weighted by atomic mass is 10.1. The highest BCUT2D eigenvalue weighted by Gasteiger charge is 2.07. The topological polar surface area (TPSA) is 70.3 Å². The van der Waals surface area contributed by atoms with Crippen LogP contribution in [0, 0.1) is 23.2 Å². The van der Waals surface area contributed by atoms with E-state index in [9.17, 15) is 4.79 Å². The van der Waals surface area contributed by atoms with Crippen LogP contribution in [-0.4, -0.2) is 18.2 Å². The van der Waals surface area contributed by atoms with Gasteiger partial charge in [-0.2, -0.15) is 5.26 Å². The number of hydrogen-bond donors (Lipinski definition) is 1. The highest BCUT2D eigenvalue weighted by molar-refractivity contribution is 5.71. The van der Waals surface area contributed by atoms with Crippen molar-refractivity contribution in [3.05, 3.63) is 29.3 Å². The summed E-state index contributed by atoms with van der Waals surface area (Å²) in [6.07, 6.45) is 0.0776. The van der Waals surface area contributed by atoms with E-state index in [0.717, 1.165) is 0 Å². The van der Waals surface area contributed by atoms with Crippen LogP contribution in [0.2, 0.25) is 0 Å². The van der Waals surface area contributed by atoms with E-state index in [2.05, 4.69) is 11.8 Å². The minimum absolute atomic E-state index is 0.0882. The van der Waals surface area contributed by atoms with Crippen LogP contribution in [0.4, 0.5) is 0 Å². The van der Waals surface area contributed by atoms with Crippen LogP contribution in [-0.2, 0) is 11.2 Å². The van der Waals surface area contributed by atoms with Crippen LogP contribution >= 0.6 is 0 Å². The molecule has 0 saturated carbocycles. The van der Waals surface area contributed by atoms with Gasteiger partial charge in [-0.15, -0.1) is 0 Å². The molecule has 86 valence electrons. The summed E-state index contributed by atoms with van der Waals surface area (Å²) < 4.78 is 5.10. The van der Waals surface area contributed by atoms with Crippen molar-refractivity contribution in [2.75, 3.05) is 7.11 Å². The molecule has 0 bridgehead atoms. The van der Waals surface area contributed by atoms with Crippen LogP contribution in [0.5, 0.6) is 5.75 Å². The van der Waals surface area contributed by atoms with Gasteiger partial charge in [0.15, 0.2) is 0 Å². The number of carboxylic acids is 1. The highest BCUT2D eigenvalue weighted by Crippen LogP contribution is 2.20. The van der Waals surface area contributed by atoms with Gasteiger partial charge in [0, 0.05) is 11.1 Å². The lowest BCUT2D eigenvalue weighted by molar-refractivity contribution is -0.136. The Labute approximate surface area is 99.4 Å². The summed E-state index contributed by atoms with van der Waals surface area (Å²) in [6, 6.07) is 6.97. The Balaban J connectivity index is 2.98. The summed E-state index contributed by atoms with van der Waals surface area (Å²) in [4.78, 5) is 10.6. The summed E-state index contributed by atoms with van der Waals surface area (Å²) in [5.41, 5.74) is 1.30. The Kier molecular flexibility index (Phi) is 4.59. The summed E-state index contributed by atoms with van der Waals surface area (Å²) >= 11 is 0. The van der Waals surface area contributed by atoms with Crippen molar-refractivity contribution >= 4 is 5.97 Å². The summed E-state index contributed by atoms with van der Waals surface area (Å²) in [6.45, 7) is 0. The molecule has 1 aromatic rings. The molecule has 0 fully saturated rings. The van der Waals surface area contributed by atoms with Crippen molar-refractivity contribution in [1.29, 1.82) is 5.26 Å². The zero-order valence-corrected chi connectivity index (χ0v) is 9.36. The van der Waals surface area contributed by atoms with E-state index in [-0.39, 0.29) is 12.8 Å². The van der Waals surface area contributed by atoms with Gasteiger partial charge in [0.25, 0.3) is 0 Å². The number of carbonyl (C=O) groups is 1. The molecule has 4 nitrogen and oxygen atoms in total.